The lowest BCUT2D eigenvalue weighted by Crippen LogP contribution is -2.21. The Balaban J connectivity index is 1.63. The Morgan fingerprint density at radius 2 is 1.78 bits per heavy atom. The van der Waals surface area contributed by atoms with E-state index in [0.717, 1.165) is 22.4 Å². The standard InChI is InChI=1S/C25H24ClN3O3/c1-16-7-9-19(10-8-16)25(31)29-27-14-20-13-21(26)11-12-23(20)32-15-24(30)28-22-6-4-5-17(2)18(22)3/h4-14H,15H2,1-3H3,(H,28,30)(H,29,31)/b27-14+. The van der Waals surface area contributed by atoms with Crippen LogP contribution in [0, 0.1) is 20.8 Å². The number of nitrogens with zero attached hydrogens (tertiary/aromatic N) is 1. The lowest BCUT2D eigenvalue weighted by Gasteiger charge is -2.12. The Kier molecular flexibility index (Phi) is 7.63. The smallest absolute Gasteiger partial charge is 0.271 e. The lowest BCUT2D eigenvalue weighted by molar-refractivity contribution is -0.118. The zero-order valence-electron chi connectivity index (χ0n) is 18.1. The predicted molar refractivity (Wildman–Crippen MR) is 128 cm³/mol. The van der Waals surface area contributed by atoms with Gasteiger partial charge in [-0.1, -0.05) is 41.4 Å². The first-order chi connectivity index (χ1) is 15.3. The van der Waals surface area contributed by atoms with E-state index >= 15 is 0 Å². The minimum absolute atomic E-state index is 0.189. The van der Waals surface area contributed by atoms with Crippen LogP contribution in [-0.2, 0) is 4.79 Å². The highest BCUT2D eigenvalue weighted by molar-refractivity contribution is 6.30. The maximum Gasteiger partial charge on any atom is 0.271 e. The number of nitrogens with one attached hydrogen (secondary N) is 2. The molecule has 0 heterocycles. The second-order valence-corrected chi connectivity index (χ2v) is 7.77. The topological polar surface area (TPSA) is 79.8 Å². The fourth-order valence-electron chi connectivity index (χ4n) is 2.90. The molecule has 0 saturated carbocycles. The summed E-state index contributed by atoms with van der Waals surface area (Å²) in [7, 11) is 0. The first kappa shape index (κ1) is 23.0. The van der Waals surface area contributed by atoms with Crippen LogP contribution in [0.1, 0.15) is 32.6 Å². The van der Waals surface area contributed by atoms with Crippen molar-refractivity contribution < 1.29 is 14.3 Å². The predicted octanol–water partition coefficient (Wildman–Crippen LogP) is 5.05. The number of benzene rings is 3. The van der Waals surface area contributed by atoms with E-state index in [0.29, 0.717) is 21.9 Å². The Morgan fingerprint density at radius 3 is 2.53 bits per heavy atom. The molecular weight excluding hydrogens is 426 g/mol. The monoisotopic (exact) mass is 449 g/mol. The molecule has 0 aromatic heterocycles. The van der Waals surface area contributed by atoms with Crippen molar-refractivity contribution in [2.75, 3.05) is 11.9 Å². The fourth-order valence-corrected chi connectivity index (χ4v) is 3.08. The molecule has 0 saturated heterocycles. The van der Waals surface area contributed by atoms with Crippen LogP contribution in [0.25, 0.3) is 0 Å². The van der Waals surface area contributed by atoms with Crippen molar-refractivity contribution in [3.05, 3.63) is 93.5 Å². The molecule has 7 heteroatoms. The number of carbonyl (C=O) groups excluding carboxylic acids is 2. The average Bonchev–Trinajstić information content (AvgIpc) is 2.77. The summed E-state index contributed by atoms with van der Waals surface area (Å²) in [6, 6.07) is 17.8. The van der Waals surface area contributed by atoms with Gasteiger partial charge in [0.05, 0.1) is 6.21 Å². The molecule has 2 amide bonds. The van der Waals surface area contributed by atoms with Crippen LogP contribution < -0.4 is 15.5 Å². The van der Waals surface area contributed by atoms with Gasteiger partial charge in [-0.2, -0.15) is 5.10 Å². The molecule has 0 bridgehead atoms. The summed E-state index contributed by atoms with van der Waals surface area (Å²) in [6.07, 6.45) is 1.43. The van der Waals surface area contributed by atoms with Crippen molar-refractivity contribution in [3.8, 4) is 5.75 Å². The van der Waals surface area contributed by atoms with E-state index in [2.05, 4.69) is 15.8 Å². The van der Waals surface area contributed by atoms with Gasteiger partial charge in [0.1, 0.15) is 5.75 Å². The van der Waals surface area contributed by atoms with Gasteiger partial charge in [0.25, 0.3) is 11.8 Å². The van der Waals surface area contributed by atoms with Crippen molar-refractivity contribution in [2.45, 2.75) is 20.8 Å². The Bertz CT molecular complexity index is 1160. The highest BCUT2D eigenvalue weighted by atomic mass is 35.5. The van der Waals surface area contributed by atoms with E-state index < -0.39 is 0 Å². The minimum atomic E-state index is -0.335. The Morgan fingerprint density at radius 1 is 1.03 bits per heavy atom. The van der Waals surface area contributed by atoms with Crippen LogP contribution in [0.15, 0.2) is 65.8 Å². The fraction of sp³-hybridized carbons (Fsp3) is 0.160. The number of ether oxygens (including phenoxy) is 1. The molecule has 6 nitrogen and oxygen atoms in total. The van der Waals surface area contributed by atoms with Gasteiger partial charge in [0, 0.05) is 21.8 Å². The van der Waals surface area contributed by atoms with E-state index in [4.69, 9.17) is 16.3 Å². The van der Waals surface area contributed by atoms with Gasteiger partial charge < -0.3 is 10.1 Å². The molecule has 3 rings (SSSR count). The van der Waals surface area contributed by atoms with E-state index in [1.54, 1.807) is 30.3 Å². The molecule has 0 aliphatic heterocycles. The van der Waals surface area contributed by atoms with E-state index in [1.807, 2.05) is 51.1 Å². The zero-order valence-corrected chi connectivity index (χ0v) is 18.9. The van der Waals surface area contributed by atoms with Gasteiger partial charge in [0.15, 0.2) is 6.61 Å². The molecule has 0 aliphatic rings. The van der Waals surface area contributed by atoms with E-state index in [1.165, 1.54) is 6.21 Å². The van der Waals surface area contributed by atoms with Crippen LogP contribution in [0.4, 0.5) is 5.69 Å². The summed E-state index contributed by atoms with van der Waals surface area (Å²) in [5, 5.41) is 7.32. The van der Waals surface area contributed by atoms with Crippen molar-refractivity contribution >= 4 is 35.3 Å². The van der Waals surface area contributed by atoms with Crippen molar-refractivity contribution in [1.29, 1.82) is 0 Å². The van der Waals surface area contributed by atoms with Crippen molar-refractivity contribution in [2.24, 2.45) is 5.10 Å². The van der Waals surface area contributed by atoms with Crippen molar-refractivity contribution in [1.82, 2.24) is 5.43 Å². The quantitative estimate of drug-likeness (QED) is 0.391. The molecule has 32 heavy (non-hydrogen) atoms. The summed E-state index contributed by atoms with van der Waals surface area (Å²) < 4.78 is 5.68. The van der Waals surface area contributed by atoms with Crippen LogP contribution in [0.2, 0.25) is 5.02 Å². The summed E-state index contributed by atoms with van der Waals surface area (Å²) in [6.45, 7) is 5.69. The Labute approximate surface area is 192 Å². The minimum Gasteiger partial charge on any atom is -0.483 e. The SMILES string of the molecule is Cc1ccc(C(=O)N/N=C/c2cc(Cl)ccc2OCC(=O)Nc2cccc(C)c2C)cc1. The van der Waals surface area contributed by atoms with Gasteiger partial charge in [-0.25, -0.2) is 5.43 Å². The number of carbonyl (C=O) groups is 2. The molecule has 0 atom stereocenters. The first-order valence-electron chi connectivity index (χ1n) is 10.0. The lowest BCUT2D eigenvalue weighted by atomic mass is 10.1. The molecule has 0 radical (unpaired) electrons. The summed E-state index contributed by atoms with van der Waals surface area (Å²) in [5.41, 5.74) is 7.41. The number of hydrazone groups is 1. The maximum atomic E-state index is 12.4. The van der Waals surface area contributed by atoms with Gasteiger partial charge in [-0.05, 0) is 68.3 Å². The van der Waals surface area contributed by atoms with Gasteiger partial charge >= 0.3 is 0 Å². The third-order valence-corrected chi connectivity index (χ3v) is 5.13. The van der Waals surface area contributed by atoms with E-state index in [-0.39, 0.29) is 18.4 Å². The maximum absolute atomic E-state index is 12.4. The number of anilines is 1. The van der Waals surface area contributed by atoms with Crippen molar-refractivity contribution in [3.63, 3.8) is 0 Å². The third-order valence-electron chi connectivity index (χ3n) is 4.89. The van der Waals surface area contributed by atoms with Crippen LogP contribution >= 0.6 is 11.6 Å². The normalized spacial score (nSPS) is 10.8. The molecule has 0 fully saturated rings. The average molecular weight is 450 g/mol. The molecule has 3 aromatic rings. The molecular formula is C25H24ClN3O3. The molecule has 164 valence electrons. The zero-order chi connectivity index (χ0) is 23.1. The van der Waals surface area contributed by atoms with Gasteiger partial charge in [-0.15, -0.1) is 0 Å². The number of rotatable bonds is 7. The molecule has 0 spiro atoms. The highest BCUT2D eigenvalue weighted by Gasteiger charge is 2.10. The van der Waals surface area contributed by atoms with Crippen LogP contribution in [0.5, 0.6) is 5.75 Å². The number of aryl methyl sites for hydroxylation is 2. The third kappa shape index (κ3) is 6.18. The van der Waals surface area contributed by atoms with Gasteiger partial charge in [0.2, 0.25) is 0 Å². The second kappa shape index (κ2) is 10.6. The second-order valence-electron chi connectivity index (χ2n) is 7.33. The molecule has 0 unspecified atom stereocenters. The number of hydrogen-bond acceptors (Lipinski definition) is 4. The summed E-state index contributed by atoms with van der Waals surface area (Å²) >= 11 is 6.09. The molecule has 2 N–H and O–H groups in total. The molecule has 3 aromatic carbocycles. The summed E-state index contributed by atoms with van der Waals surface area (Å²) in [5.74, 6) is -0.207. The summed E-state index contributed by atoms with van der Waals surface area (Å²) in [4.78, 5) is 24.6. The van der Waals surface area contributed by atoms with Gasteiger partial charge in [-0.3, -0.25) is 9.59 Å². The Hall–Kier alpha value is -3.64. The van der Waals surface area contributed by atoms with Crippen LogP contribution in [0.3, 0.4) is 0 Å². The molecule has 0 aliphatic carbocycles. The first-order valence-corrected chi connectivity index (χ1v) is 10.4. The number of halogens is 1. The van der Waals surface area contributed by atoms with Crippen LogP contribution in [-0.4, -0.2) is 24.6 Å². The highest BCUT2D eigenvalue weighted by Crippen LogP contribution is 2.22. The largest absolute Gasteiger partial charge is 0.483 e. The number of amides is 2. The van der Waals surface area contributed by atoms with E-state index in [9.17, 15) is 9.59 Å². The number of hydrogen-bond donors (Lipinski definition) is 2.